The largest absolute Gasteiger partial charge is 0.465 e. The maximum atomic E-state index is 13.1. The highest BCUT2D eigenvalue weighted by atomic mass is 35.5. The molecule has 1 fully saturated rings. The van der Waals surface area contributed by atoms with Gasteiger partial charge in [0.1, 0.15) is 4.90 Å². The van der Waals surface area contributed by atoms with Crippen LogP contribution in [-0.2, 0) is 14.8 Å². The van der Waals surface area contributed by atoms with E-state index in [0.29, 0.717) is 29.9 Å². The molecule has 2 aromatic rings. The standard InChI is InChI=1S/C22H25ClN2O5S/c1-14-5-4-10-25(13-14)31(28,29)20-12-16(6-8-18(20)23)21(26)24-19-9-7-17(11-15(19)2)22(27)30-3/h6-9,11-12,14H,4-5,10,13H2,1-3H3,(H,24,26). The number of methoxy groups -OCH3 is 1. The number of aryl methyl sites for hydroxylation is 1. The molecule has 7 nitrogen and oxygen atoms in total. The van der Waals surface area contributed by atoms with Crippen LogP contribution in [0.3, 0.4) is 0 Å². The fourth-order valence-corrected chi connectivity index (χ4v) is 5.69. The number of hydrogen-bond donors (Lipinski definition) is 1. The number of ether oxygens (including phenoxy) is 1. The molecule has 0 spiro atoms. The Bertz CT molecular complexity index is 1120. The molecule has 2 aromatic carbocycles. The average Bonchev–Trinajstić information content (AvgIpc) is 2.74. The van der Waals surface area contributed by atoms with Crippen LogP contribution >= 0.6 is 11.6 Å². The lowest BCUT2D eigenvalue weighted by Gasteiger charge is -2.30. The van der Waals surface area contributed by atoms with Crippen LogP contribution in [0.25, 0.3) is 0 Å². The average molecular weight is 465 g/mol. The maximum Gasteiger partial charge on any atom is 0.337 e. The predicted octanol–water partition coefficient (Wildman–Crippen LogP) is 4.11. The molecule has 3 rings (SSSR count). The van der Waals surface area contributed by atoms with Gasteiger partial charge in [0.05, 0.1) is 17.7 Å². The fourth-order valence-electron chi connectivity index (χ4n) is 3.59. The molecule has 1 aliphatic rings. The van der Waals surface area contributed by atoms with Gasteiger partial charge in [-0.15, -0.1) is 0 Å². The summed E-state index contributed by atoms with van der Waals surface area (Å²) in [5, 5.41) is 2.83. The van der Waals surface area contributed by atoms with E-state index in [9.17, 15) is 18.0 Å². The van der Waals surface area contributed by atoms with Gasteiger partial charge < -0.3 is 10.1 Å². The number of piperidine rings is 1. The van der Waals surface area contributed by atoms with Gasteiger partial charge in [0.2, 0.25) is 10.0 Å². The van der Waals surface area contributed by atoms with Gasteiger partial charge in [0, 0.05) is 24.3 Å². The first kappa shape index (κ1) is 23.2. The van der Waals surface area contributed by atoms with Gasteiger partial charge in [-0.2, -0.15) is 4.31 Å². The molecule has 31 heavy (non-hydrogen) atoms. The molecule has 1 heterocycles. The number of carbonyl (C=O) groups excluding carboxylic acids is 2. The predicted molar refractivity (Wildman–Crippen MR) is 119 cm³/mol. The Hall–Kier alpha value is -2.42. The number of benzene rings is 2. The van der Waals surface area contributed by atoms with Crippen molar-refractivity contribution < 1.29 is 22.7 Å². The lowest BCUT2D eigenvalue weighted by atomic mass is 10.0. The number of anilines is 1. The number of rotatable bonds is 5. The third-order valence-electron chi connectivity index (χ3n) is 5.33. The van der Waals surface area contributed by atoms with E-state index in [2.05, 4.69) is 5.32 Å². The van der Waals surface area contributed by atoms with E-state index in [-0.39, 0.29) is 21.4 Å². The van der Waals surface area contributed by atoms with Crippen LogP contribution < -0.4 is 5.32 Å². The van der Waals surface area contributed by atoms with Crippen LogP contribution in [0.15, 0.2) is 41.3 Å². The number of carbonyl (C=O) groups is 2. The molecule has 1 unspecified atom stereocenters. The summed E-state index contributed by atoms with van der Waals surface area (Å²) in [6, 6.07) is 8.96. The Morgan fingerprint density at radius 3 is 2.52 bits per heavy atom. The van der Waals surface area contributed by atoms with E-state index in [4.69, 9.17) is 16.3 Å². The summed E-state index contributed by atoms with van der Waals surface area (Å²) in [6.45, 7) is 4.63. The lowest BCUT2D eigenvalue weighted by Crippen LogP contribution is -2.39. The highest BCUT2D eigenvalue weighted by molar-refractivity contribution is 7.89. The lowest BCUT2D eigenvalue weighted by molar-refractivity contribution is 0.0600. The minimum Gasteiger partial charge on any atom is -0.465 e. The van der Waals surface area contributed by atoms with Crippen molar-refractivity contribution in [3.63, 3.8) is 0 Å². The smallest absolute Gasteiger partial charge is 0.337 e. The van der Waals surface area contributed by atoms with Gasteiger partial charge in [0.25, 0.3) is 5.91 Å². The highest BCUT2D eigenvalue weighted by Crippen LogP contribution is 2.29. The minimum atomic E-state index is -3.81. The molecular weight excluding hydrogens is 440 g/mol. The monoisotopic (exact) mass is 464 g/mol. The number of esters is 1. The zero-order chi connectivity index (χ0) is 22.8. The molecular formula is C22H25ClN2O5S. The van der Waals surface area contributed by atoms with Crippen molar-refractivity contribution in [3.05, 3.63) is 58.1 Å². The van der Waals surface area contributed by atoms with Gasteiger partial charge >= 0.3 is 5.97 Å². The van der Waals surface area contributed by atoms with E-state index in [1.54, 1.807) is 25.1 Å². The SMILES string of the molecule is COC(=O)c1ccc(NC(=O)c2ccc(Cl)c(S(=O)(=O)N3CCCC(C)C3)c2)c(C)c1. The minimum absolute atomic E-state index is 0.0753. The Balaban J connectivity index is 1.86. The number of sulfonamides is 1. The summed E-state index contributed by atoms with van der Waals surface area (Å²) in [5.41, 5.74) is 1.71. The summed E-state index contributed by atoms with van der Waals surface area (Å²) < 4.78 is 32.4. The van der Waals surface area contributed by atoms with E-state index in [1.165, 1.54) is 29.6 Å². The van der Waals surface area contributed by atoms with Gasteiger partial charge in [-0.3, -0.25) is 4.79 Å². The summed E-state index contributed by atoms with van der Waals surface area (Å²) in [4.78, 5) is 24.4. The van der Waals surface area contributed by atoms with Crippen molar-refractivity contribution >= 4 is 39.2 Å². The van der Waals surface area contributed by atoms with Crippen molar-refractivity contribution in [1.82, 2.24) is 4.31 Å². The zero-order valence-corrected chi connectivity index (χ0v) is 19.2. The molecule has 0 saturated carbocycles. The van der Waals surface area contributed by atoms with Crippen LogP contribution in [0.4, 0.5) is 5.69 Å². The van der Waals surface area contributed by atoms with Crippen LogP contribution in [0.1, 0.15) is 46.0 Å². The third kappa shape index (κ3) is 5.08. The zero-order valence-electron chi connectivity index (χ0n) is 17.6. The van der Waals surface area contributed by atoms with E-state index >= 15 is 0 Å². The highest BCUT2D eigenvalue weighted by Gasteiger charge is 2.31. The molecule has 0 aromatic heterocycles. The van der Waals surface area contributed by atoms with Crippen LogP contribution in [-0.4, -0.2) is 44.8 Å². The number of amides is 1. The van der Waals surface area contributed by atoms with E-state index in [1.807, 2.05) is 6.92 Å². The Kier molecular flexibility index (Phi) is 7.03. The molecule has 0 bridgehead atoms. The second-order valence-electron chi connectivity index (χ2n) is 7.73. The third-order valence-corrected chi connectivity index (χ3v) is 7.67. The van der Waals surface area contributed by atoms with Gasteiger partial charge in [-0.05, 0) is 67.6 Å². The molecule has 1 aliphatic heterocycles. The molecule has 1 N–H and O–H groups in total. The van der Waals surface area contributed by atoms with Crippen LogP contribution in [0, 0.1) is 12.8 Å². The number of nitrogens with zero attached hydrogens (tertiary/aromatic N) is 1. The van der Waals surface area contributed by atoms with Crippen molar-refractivity contribution in [2.75, 3.05) is 25.5 Å². The van der Waals surface area contributed by atoms with E-state index in [0.717, 1.165) is 12.8 Å². The number of hydrogen-bond acceptors (Lipinski definition) is 5. The van der Waals surface area contributed by atoms with Gasteiger partial charge in [0.15, 0.2) is 0 Å². The van der Waals surface area contributed by atoms with Crippen molar-refractivity contribution in [1.29, 1.82) is 0 Å². The molecule has 0 radical (unpaired) electrons. The topological polar surface area (TPSA) is 92.8 Å². The molecule has 1 amide bonds. The fraction of sp³-hybridized carbons (Fsp3) is 0.364. The first-order valence-electron chi connectivity index (χ1n) is 9.93. The van der Waals surface area contributed by atoms with E-state index < -0.39 is 21.9 Å². The molecule has 166 valence electrons. The first-order chi connectivity index (χ1) is 14.6. The molecule has 0 aliphatic carbocycles. The molecule has 9 heteroatoms. The van der Waals surface area contributed by atoms with Crippen LogP contribution in [0.2, 0.25) is 5.02 Å². The van der Waals surface area contributed by atoms with Crippen molar-refractivity contribution in [3.8, 4) is 0 Å². The summed E-state index contributed by atoms with van der Waals surface area (Å²) in [5.74, 6) is -0.681. The Morgan fingerprint density at radius 2 is 1.87 bits per heavy atom. The summed E-state index contributed by atoms with van der Waals surface area (Å²) in [6.07, 6.45) is 1.77. The summed E-state index contributed by atoms with van der Waals surface area (Å²) in [7, 11) is -2.52. The van der Waals surface area contributed by atoms with Gasteiger partial charge in [-0.1, -0.05) is 18.5 Å². The number of nitrogens with one attached hydrogen (secondary N) is 1. The second-order valence-corrected chi connectivity index (χ2v) is 10.0. The first-order valence-corrected chi connectivity index (χ1v) is 11.8. The van der Waals surface area contributed by atoms with Gasteiger partial charge in [-0.25, -0.2) is 13.2 Å². The van der Waals surface area contributed by atoms with Crippen molar-refractivity contribution in [2.24, 2.45) is 5.92 Å². The van der Waals surface area contributed by atoms with Crippen molar-refractivity contribution in [2.45, 2.75) is 31.6 Å². The molecule has 1 saturated heterocycles. The Morgan fingerprint density at radius 1 is 1.16 bits per heavy atom. The summed E-state index contributed by atoms with van der Waals surface area (Å²) >= 11 is 6.21. The molecule has 1 atom stereocenters. The Labute approximate surface area is 187 Å². The normalized spacial score (nSPS) is 17.2. The quantitative estimate of drug-likeness (QED) is 0.672. The maximum absolute atomic E-state index is 13.1. The van der Waals surface area contributed by atoms with Crippen LogP contribution in [0.5, 0.6) is 0 Å². The second kappa shape index (κ2) is 9.38. The number of halogens is 1.